The molecule has 1 fully saturated rings. The van der Waals surface area contributed by atoms with E-state index in [9.17, 15) is 0 Å². The van der Waals surface area contributed by atoms with Crippen LogP contribution in [0, 0.1) is 17.2 Å². The molecule has 1 saturated carbocycles. The lowest BCUT2D eigenvalue weighted by atomic mass is 9.84. The largest absolute Gasteiger partial charge is 0.478 e. The molecule has 0 spiro atoms. The SMILES string of the molecule is CCC1CCC(NCc2ccccc2OCC#N)CC1. The van der Waals surface area contributed by atoms with Gasteiger partial charge >= 0.3 is 0 Å². The lowest BCUT2D eigenvalue weighted by molar-refractivity contribution is 0.283. The molecule has 20 heavy (non-hydrogen) atoms. The fourth-order valence-corrected chi connectivity index (χ4v) is 2.93. The summed E-state index contributed by atoms with van der Waals surface area (Å²) in [5.41, 5.74) is 1.14. The van der Waals surface area contributed by atoms with Crippen LogP contribution in [0.4, 0.5) is 0 Å². The number of hydrogen-bond acceptors (Lipinski definition) is 3. The molecule has 3 nitrogen and oxygen atoms in total. The first-order valence-corrected chi connectivity index (χ1v) is 7.64. The maximum atomic E-state index is 8.61. The first-order chi connectivity index (χ1) is 9.83. The number of nitriles is 1. The van der Waals surface area contributed by atoms with Crippen LogP contribution in [-0.2, 0) is 6.54 Å². The van der Waals surface area contributed by atoms with Crippen LogP contribution >= 0.6 is 0 Å². The van der Waals surface area contributed by atoms with Gasteiger partial charge in [-0.25, -0.2) is 0 Å². The molecule has 0 heterocycles. The van der Waals surface area contributed by atoms with Gasteiger partial charge in [0.15, 0.2) is 6.61 Å². The zero-order valence-electron chi connectivity index (χ0n) is 12.3. The molecule has 2 rings (SSSR count). The maximum absolute atomic E-state index is 8.61. The van der Waals surface area contributed by atoms with Crippen LogP contribution in [-0.4, -0.2) is 12.6 Å². The molecular weight excluding hydrogens is 248 g/mol. The Bertz CT molecular complexity index is 445. The molecule has 1 aliphatic carbocycles. The second-order valence-electron chi connectivity index (χ2n) is 5.56. The van der Waals surface area contributed by atoms with Gasteiger partial charge in [-0.2, -0.15) is 5.26 Å². The standard InChI is InChI=1S/C17H24N2O/c1-2-14-7-9-16(10-8-14)19-13-15-5-3-4-6-17(15)20-12-11-18/h3-6,14,16,19H,2,7-10,12-13H2,1H3. The molecule has 1 aliphatic rings. The van der Waals surface area contributed by atoms with Crippen LogP contribution in [0.25, 0.3) is 0 Å². The van der Waals surface area contributed by atoms with Gasteiger partial charge < -0.3 is 10.1 Å². The number of nitrogens with zero attached hydrogens (tertiary/aromatic N) is 1. The molecule has 0 aromatic heterocycles. The van der Waals surface area contributed by atoms with Crippen LogP contribution in [0.1, 0.15) is 44.6 Å². The van der Waals surface area contributed by atoms with Crippen molar-refractivity contribution in [2.75, 3.05) is 6.61 Å². The predicted octanol–water partition coefficient (Wildman–Crippen LogP) is 3.65. The van der Waals surface area contributed by atoms with Gasteiger partial charge in [-0.05, 0) is 37.7 Å². The van der Waals surface area contributed by atoms with E-state index in [1.807, 2.05) is 24.3 Å². The predicted molar refractivity (Wildman–Crippen MR) is 80.4 cm³/mol. The highest BCUT2D eigenvalue weighted by Crippen LogP contribution is 2.27. The van der Waals surface area contributed by atoms with E-state index in [0.29, 0.717) is 6.04 Å². The quantitative estimate of drug-likeness (QED) is 0.859. The Morgan fingerprint density at radius 3 is 2.70 bits per heavy atom. The highest BCUT2D eigenvalue weighted by Gasteiger charge is 2.19. The third kappa shape index (κ3) is 4.25. The van der Waals surface area contributed by atoms with Crippen molar-refractivity contribution in [1.29, 1.82) is 5.26 Å². The smallest absolute Gasteiger partial charge is 0.174 e. The molecule has 0 radical (unpaired) electrons. The summed E-state index contributed by atoms with van der Waals surface area (Å²) in [5.74, 6) is 1.75. The van der Waals surface area contributed by atoms with Gasteiger partial charge in [0.25, 0.3) is 0 Å². The number of ether oxygens (including phenoxy) is 1. The van der Waals surface area contributed by atoms with Crippen molar-refractivity contribution in [2.45, 2.75) is 51.6 Å². The molecule has 0 bridgehead atoms. The number of rotatable bonds is 6. The number of para-hydroxylation sites is 1. The topological polar surface area (TPSA) is 45.0 Å². The van der Waals surface area contributed by atoms with E-state index in [1.165, 1.54) is 32.1 Å². The Hall–Kier alpha value is -1.53. The number of nitrogens with one attached hydrogen (secondary N) is 1. The molecule has 0 aliphatic heterocycles. The average Bonchev–Trinajstić information content (AvgIpc) is 2.52. The van der Waals surface area contributed by atoms with E-state index < -0.39 is 0 Å². The highest BCUT2D eigenvalue weighted by molar-refractivity contribution is 5.33. The van der Waals surface area contributed by atoms with Gasteiger partial charge in [0.2, 0.25) is 0 Å². The van der Waals surface area contributed by atoms with E-state index >= 15 is 0 Å². The van der Waals surface area contributed by atoms with Crippen molar-refractivity contribution in [3.63, 3.8) is 0 Å². The minimum Gasteiger partial charge on any atom is -0.478 e. The van der Waals surface area contributed by atoms with Gasteiger partial charge in [0, 0.05) is 18.2 Å². The second kappa shape index (κ2) is 7.91. The van der Waals surface area contributed by atoms with Crippen molar-refractivity contribution in [3.05, 3.63) is 29.8 Å². The third-order valence-electron chi connectivity index (χ3n) is 4.27. The van der Waals surface area contributed by atoms with Crippen LogP contribution in [0.5, 0.6) is 5.75 Å². The maximum Gasteiger partial charge on any atom is 0.174 e. The first-order valence-electron chi connectivity index (χ1n) is 7.64. The lowest BCUT2D eigenvalue weighted by Crippen LogP contribution is -2.32. The molecule has 0 saturated heterocycles. The number of benzene rings is 1. The van der Waals surface area contributed by atoms with Crippen LogP contribution in [0.2, 0.25) is 0 Å². The van der Waals surface area contributed by atoms with E-state index in [0.717, 1.165) is 23.8 Å². The van der Waals surface area contributed by atoms with Crippen LogP contribution in [0.15, 0.2) is 24.3 Å². The molecule has 0 atom stereocenters. The van der Waals surface area contributed by atoms with E-state index in [1.54, 1.807) is 0 Å². The second-order valence-corrected chi connectivity index (χ2v) is 5.56. The molecule has 108 valence electrons. The van der Waals surface area contributed by atoms with Crippen molar-refractivity contribution in [3.8, 4) is 11.8 Å². The average molecular weight is 272 g/mol. The molecule has 3 heteroatoms. The Kier molecular flexibility index (Phi) is 5.88. The first kappa shape index (κ1) is 14.9. The summed E-state index contributed by atoms with van der Waals surface area (Å²) in [6.45, 7) is 3.23. The van der Waals surface area contributed by atoms with Crippen molar-refractivity contribution >= 4 is 0 Å². The lowest BCUT2D eigenvalue weighted by Gasteiger charge is -2.28. The minimum atomic E-state index is 0.110. The summed E-state index contributed by atoms with van der Waals surface area (Å²) in [5, 5.41) is 12.2. The van der Waals surface area contributed by atoms with E-state index in [-0.39, 0.29) is 6.61 Å². The Labute approximate surface area is 121 Å². The van der Waals surface area contributed by atoms with Gasteiger partial charge in [-0.1, -0.05) is 31.5 Å². The summed E-state index contributed by atoms with van der Waals surface area (Å²) in [6, 6.07) is 10.6. The Balaban J connectivity index is 1.83. The van der Waals surface area contributed by atoms with Crippen LogP contribution < -0.4 is 10.1 Å². The van der Waals surface area contributed by atoms with Gasteiger partial charge in [0.05, 0.1) is 0 Å². The zero-order chi connectivity index (χ0) is 14.2. The Morgan fingerprint density at radius 1 is 1.25 bits per heavy atom. The summed E-state index contributed by atoms with van der Waals surface area (Å²) in [7, 11) is 0. The molecule has 1 aromatic rings. The summed E-state index contributed by atoms with van der Waals surface area (Å²) in [4.78, 5) is 0. The molecular formula is C17H24N2O. The normalized spacial score (nSPS) is 22.2. The van der Waals surface area contributed by atoms with Gasteiger partial charge in [-0.3, -0.25) is 0 Å². The molecule has 0 unspecified atom stereocenters. The highest BCUT2D eigenvalue weighted by atomic mass is 16.5. The zero-order valence-corrected chi connectivity index (χ0v) is 12.3. The summed E-state index contributed by atoms with van der Waals surface area (Å²) < 4.78 is 5.46. The van der Waals surface area contributed by atoms with E-state index in [4.69, 9.17) is 10.00 Å². The van der Waals surface area contributed by atoms with Crippen molar-refractivity contribution in [2.24, 2.45) is 5.92 Å². The minimum absolute atomic E-state index is 0.110. The van der Waals surface area contributed by atoms with Crippen molar-refractivity contribution in [1.82, 2.24) is 5.32 Å². The molecule has 1 N–H and O–H groups in total. The van der Waals surface area contributed by atoms with Crippen LogP contribution in [0.3, 0.4) is 0 Å². The van der Waals surface area contributed by atoms with Crippen molar-refractivity contribution < 1.29 is 4.74 Å². The van der Waals surface area contributed by atoms with Gasteiger partial charge in [-0.15, -0.1) is 0 Å². The molecule has 0 amide bonds. The summed E-state index contributed by atoms with van der Waals surface area (Å²) in [6.07, 6.45) is 6.57. The van der Waals surface area contributed by atoms with E-state index in [2.05, 4.69) is 18.3 Å². The van der Waals surface area contributed by atoms with Gasteiger partial charge in [0.1, 0.15) is 11.8 Å². The Morgan fingerprint density at radius 2 is 2.00 bits per heavy atom. The summed E-state index contributed by atoms with van der Waals surface area (Å²) >= 11 is 0. The fraction of sp³-hybridized carbons (Fsp3) is 0.588. The third-order valence-corrected chi connectivity index (χ3v) is 4.27. The number of hydrogen-bond donors (Lipinski definition) is 1. The monoisotopic (exact) mass is 272 g/mol. The fourth-order valence-electron chi connectivity index (χ4n) is 2.93. The molecule has 1 aromatic carbocycles.